The van der Waals surface area contributed by atoms with Gasteiger partial charge >= 0.3 is 0 Å². The topological polar surface area (TPSA) is 38.0 Å². The van der Waals surface area contributed by atoms with Crippen LogP contribution in [0.4, 0.5) is 5.69 Å². The number of benzene rings is 1. The van der Waals surface area contributed by atoms with Crippen molar-refractivity contribution < 1.29 is 0 Å². The number of hydrogen-bond acceptors (Lipinski definition) is 2. The van der Waals surface area contributed by atoms with Gasteiger partial charge in [-0.1, -0.05) is 18.6 Å². The van der Waals surface area contributed by atoms with E-state index in [-0.39, 0.29) is 0 Å². The lowest BCUT2D eigenvalue weighted by molar-refractivity contribution is 0.683. The summed E-state index contributed by atoms with van der Waals surface area (Å²) in [5, 5.41) is 3.59. The molecule has 1 aliphatic rings. The van der Waals surface area contributed by atoms with Crippen molar-refractivity contribution in [3.05, 3.63) is 29.3 Å². The largest absolute Gasteiger partial charge is 0.385 e. The van der Waals surface area contributed by atoms with Crippen molar-refractivity contribution in [2.24, 2.45) is 5.73 Å². The SMILES string of the molecule is NCCCCCNc1cccc2c1CCCC2. The van der Waals surface area contributed by atoms with E-state index in [9.17, 15) is 0 Å². The Morgan fingerprint density at radius 1 is 1.06 bits per heavy atom. The Morgan fingerprint density at radius 3 is 2.82 bits per heavy atom. The summed E-state index contributed by atoms with van der Waals surface area (Å²) in [7, 11) is 0. The molecule has 94 valence electrons. The summed E-state index contributed by atoms with van der Waals surface area (Å²) in [5.74, 6) is 0. The third kappa shape index (κ3) is 3.47. The number of nitrogens with two attached hydrogens (primary N) is 1. The Balaban J connectivity index is 1.87. The van der Waals surface area contributed by atoms with Crippen LogP contribution in [0, 0.1) is 0 Å². The predicted molar refractivity (Wildman–Crippen MR) is 74.5 cm³/mol. The van der Waals surface area contributed by atoms with Crippen molar-refractivity contribution in [1.82, 2.24) is 0 Å². The van der Waals surface area contributed by atoms with Gasteiger partial charge in [0.25, 0.3) is 0 Å². The molecular weight excluding hydrogens is 208 g/mol. The zero-order valence-electron chi connectivity index (χ0n) is 10.7. The van der Waals surface area contributed by atoms with E-state index < -0.39 is 0 Å². The van der Waals surface area contributed by atoms with Crippen LogP contribution in [-0.2, 0) is 12.8 Å². The van der Waals surface area contributed by atoms with Gasteiger partial charge in [-0.2, -0.15) is 0 Å². The van der Waals surface area contributed by atoms with Gasteiger partial charge in [-0.3, -0.25) is 0 Å². The molecule has 2 rings (SSSR count). The van der Waals surface area contributed by atoms with E-state index in [1.54, 1.807) is 11.1 Å². The van der Waals surface area contributed by atoms with Crippen LogP contribution in [0.1, 0.15) is 43.2 Å². The molecule has 2 nitrogen and oxygen atoms in total. The maximum absolute atomic E-state index is 5.49. The lowest BCUT2D eigenvalue weighted by atomic mass is 9.90. The zero-order valence-corrected chi connectivity index (χ0v) is 10.7. The van der Waals surface area contributed by atoms with Crippen LogP contribution in [0.3, 0.4) is 0 Å². The molecule has 0 amide bonds. The zero-order chi connectivity index (χ0) is 11.9. The van der Waals surface area contributed by atoms with Gasteiger partial charge in [-0.15, -0.1) is 0 Å². The van der Waals surface area contributed by atoms with Gasteiger partial charge in [0, 0.05) is 12.2 Å². The normalized spacial score (nSPS) is 14.4. The standard InChI is InChI=1S/C15H24N2/c16-11-4-1-5-12-17-15-10-6-8-13-7-2-3-9-14(13)15/h6,8,10,17H,1-5,7,9,11-12,16H2. The number of unbranched alkanes of at least 4 members (excludes halogenated alkanes) is 2. The molecule has 17 heavy (non-hydrogen) atoms. The molecule has 0 heterocycles. The van der Waals surface area contributed by atoms with Crippen LogP contribution < -0.4 is 11.1 Å². The Morgan fingerprint density at radius 2 is 1.94 bits per heavy atom. The highest BCUT2D eigenvalue weighted by Crippen LogP contribution is 2.27. The molecule has 0 unspecified atom stereocenters. The maximum Gasteiger partial charge on any atom is 0.0375 e. The molecule has 0 aliphatic heterocycles. The van der Waals surface area contributed by atoms with Crippen molar-refractivity contribution >= 4 is 5.69 Å². The van der Waals surface area contributed by atoms with Gasteiger partial charge in [0.2, 0.25) is 0 Å². The summed E-state index contributed by atoms with van der Waals surface area (Å²) >= 11 is 0. The molecule has 1 aliphatic carbocycles. The average molecular weight is 232 g/mol. The first-order valence-corrected chi connectivity index (χ1v) is 6.96. The summed E-state index contributed by atoms with van der Waals surface area (Å²) in [6.45, 7) is 1.90. The van der Waals surface area contributed by atoms with Gasteiger partial charge in [-0.25, -0.2) is 0 Å². The van der Waals surface area contributed by atoms with E-state index in [2.05, 4.69) is 23.5 Å². The van der Waals surface area contributed by atoms with E-state index in [1.807, 2.05) is 0 Å². The summed E-state index contributed by atoms with van der Waals surface area (Å²) < 4.78 is 0. The minimum absolute atomic E-state index is 0.820. The highest BCUT2D eigenvalue weighted by atomic mass is 14.9. The second-order valence-corrected chi connectivity index (χ2v) is 4.93. The van der Waals surface area contributed by atoms with Crippen LogP contribution in [0.2, 0.25) is 0 Å². The second-order valence-electron chi connectivity index (χ2n) is 4.93. The number of fused-ring (bicyclic) bond motifs is 1. The van der Waals surface area contributed by atoms with Gasteiger partial charge in [0.05, 0.1) is 0 Å². The fourth-order valence-corrected chi connectivity index (χ4v) is 2.62. The van der Waals surface area contributed by atoms with Crippen LogP contribution in [0.25, 0.3) is 0 Å². The third-order valence-corrected chi connectivity index (χ3v) is 3.59. The monoisotopic (exact) mass is 232 g/mol. The molecular formula is C15H24N2. The molecule has 3 N–H and O–H groups in total. The molecule has 0 saturated heterocycles. The van der Waals surface area contributed by atoms with Crippen LogP contribution in [-0.4, -0.2) is 13.1 Å². The number of rotatable bonds is 6. The fraction of sp³-hybridized carbons (Fsp3) is 0.600. The van der Waals surface area contributed by atoms with Gasteiger partial charge in [0.15, 0.2) is 0 Å². The Labute approximate surface area is 105 Å². The van der Waals surface area contributed by atoms with Crippen LogP contribution >= 0.6 is 0 Å². The second kappa shape index (κ2) is 6.65. The first-order valence-electron chi connectivity index (χ1n) is 6.96. The molecule has 1 aromatic rings. The van der Waals surface area contributed by atoms with E-state index in [4.69, 9.17) is 5.73 Å². The molecule has 0 spiro atoms. The van der Waals surface area contributed by atoms with Crippen LogP contribution in [0.5, 0.6) is 0 Å². The third-order valence-electron chi connectivity index (χ3n) is 3.59. The highest BCUT2D eigenvalue weighted by Gasteiger charge is 2.11. The van der Waals surface area contributed by atoms with E-state index in [1.165, 1.54) is 44.2 Å². The quantitative estimate of drug-likeness (QED) is 0.740. The molecule has 0 aromatic heterocycles. The Hall–Kier alpha value is -1.02. The van der Waals surface area contributed by atoms with Crippen LogP contribution in [0.15, 0.2) is 18.2 Å². The van der Waals surface area contributed by atoms with Crippen molar-refractivity contribution in [2.75, 3.05) is 18.4 Å². The summed E-state index contributed by atoms with van der Waals surface area (Å²) in [4.78, 5) is 0. The fourth-order valence-electron chi connectivity index (χ4n) is 2.62. The number of aryl methyl sites for hydroxylation is 1. The Bertz CT molecular complexity index is 347. The molecule has 1 aromatic carbocycles. The maximum atomic E-state index is 5.49. The summed E-state index contributed by atoms with van der Waals surface area (Å²) in [6.07, 6.45) is 8.82. The van der Waals surface area contributed by atoms with Gasteiger partial charge < -0.3 is 11.1 Å². The van der Waals surface area contributed by atoms with Gasteiger partial charge in [0.1, 0.15) is 0 Å². The average Bonchev–Trinajstić information content (AvgIpc) is 2.39. The predicted octanol–water partition coefficient (Wildman–Crippen LogP) is 3.11. The lowest BCUT2D eigenvalue weighted by Gasteiger charge is -2.20. The van der Waals surface area contributed by atoms with E-state index >= 15 is 0 Å². The summed E-state index contributed by atoms with van der Waals surface area (Å²) in [5.41, 5.74) is 9.99. The van der Waals surface area contributed by atoms with Crippen molar-refractivity contribution in [1.29, 1.82) is 0 Å². The molecule has 0 radical (unpaired) electrons. The van der Waals surface area contributed by atoms with Crippen molar-refractivity contribution in [2.45, 2.75) is 44.9 Å². The van der Waals surface area contributed by atoms with Crippen molar-refractivity contribution in [3.8, 4) is 0 Å². The molecule has 0 atom stereocenters. The minimum Gasteiger partial charge on any atom is -0.385 e. The van der Waals surface area contributed by atoms with Gasteiger partial charge in [-0.05, 0) is 62.3 Å². The number of nitrogens with one attached hydrogen (secondary N) is 1. The summed E-state index contributed by atoms with van der Waals surface area (Å²) in [6, 6.07) is 6.70. The first-order chi connectivity index (χ1) is 8.42. The number of anilines is 1. The molecule has 2 heteroatoms. The smallest absolute Gasteiger partial charge is 0.0375 e. The first kappa shape index (κ1) is 12.4. The molecule has 0 bridgehead atoms. The van der Waals surface area contributed by atoms with E-state index in [0.717, 1.165) is 19.5 Å². The highest BCUT2D eigenvalue weighted by molar-refractivity contribution is 5.55. The lowest BCUT2D eigenvalue weighted by Crippen LogP contribution is -2.09. The minimum atomic E-state index is 0.820. The molecule has 0 fully saturated rings. The van der Waals surface area contributed by atoms with Crippen molar-refractivity contribution in [3.63, 3.8) is 0 Å². The van der Waals surface area contributed by atoms with E-state index in [0.29, 0.717) is 0 Å². The number of hydrogen-bond donors (Lipinski definition) is 2. The molecule has 0 saturated carbocycles. The Kier molecular flexibility index (Phi) is 4.87.